The summed E-state index contributed by atoms with van der Waals surface area (Å²) in [5, 5.41) is 8.92. The maximum Gasteiger partial charge on any atom is 0.206 e. The SMILES string of the molecule is Cl.N#Cc1ccc(Cn2c(N3CC[C@H](F)[C@H](N)C3)nc3cc(F)ccc32)nc1. The van der Waals surface area contributed by atoms with Crippen molar-refractivity contribution < 1.29 is 8.78 Å². The predicted molar refractivity (Wildman–Crippen MR) is 105 cm³/mol. The summed E-state index contributed by atoms with van der Waals surface area (Å²) >= 11 is 0. The van der Waals surface area contributed by atoms with Gasteiger partial charge in [0, 0.05) is 25.4 Å². The molecule has 1 aliphatic rings. The second-order valence-electron chi connectivity index (χ2n) is 6.70. The van der Waals surface area contributed by atoms with Crippen molar-refractivity contribution in [2.75, 3.05) is 18.0 Å². The first-order valence-electron chi connectivity index (χ1n) is 8.70. The number of alkyl halides is 1. The van der Waals surface area contributed by atoms with Crippen LogP contribution in [0.15, 0.2) is 36.5 Å². The van der Waals surface area contributed by atoms with Crippen LogP contribution in [0, 0.1) is 17.1 Å². The quantitative estimate of drug-likeness (QED) is 0.725. The third kappa shape index (κ3) is 3.77. The van der Waals surface area contributed by atoms with E-state index in [-0.39, 0.29) is 18.2 Å². The molecule has 1 aliphatic heterocycles. The van der Waals surface area contributed by atoms with Crippen LogP contribution in [-0.4, -0.2) is 39.8 Å². The van der Waals surface area contributed by atoms with Crippen molar-refractivity contribution in [2.45, 2.75) is 25.2 Å². The van der Waals surface area contributed by atoms with Crippen LogP contribution in [0.3, 0.4) is 0 Å². The minimum absolute atomic E-state index is 0. The van der Waals surface area contributed by atoms with Gasteiger partial charge in [0.2, 0.25) is 5.95 Å². The molecule has 0 radical (unpaired) electrons. The zero-order chi connectivity index (χ0) is 19.0. The van der Waals surface area contributed by atoms with Crippen molar-refractivity contribution in [3.8, 4) is 6.07 Å². The molecule has 0 aliphatic carbocycles. The van der Waals surface area contributed by atoms with Crippen molar-refractivity contribution >= 4 is 29.4 Å². The van der Waals surface area contributed by atoms with Gasteiger partial charge < -0.3 is 15.2 Å². The smallest absolute Gasteiger partial charge is 0.206 e. The summed E-state index contributed by atoms with van der Waals surface area (Å²) in [6.07, 6.45) is 0.809. The summed E-state index contributed by atoms with van der Waals surface area (Å²) in [6.45, 7) is 1.23. The minimum atomic E-state index is -1.03. The fraction of sp³-hybridized carbons (Fsp3) is 0.316. The monoisotopic (exact) mass is 404 g/mol. The van der Waals surface area contributed by atoms with E-state index in [1.165, 1.54) is 18.3 Å². The van der Waals surface area contributed by atoms with Crippen LogP contribution in [0.1, 0.15) is 17.7 Å². The van der Waals surface area contributed by atoms with Gasteiger partial charge in [0.25, 0.3) is 0 Å². The maximum atomic E-state index is 13.8. The average molecular weight is 405 g/mol. The van der Waals surface area contributed by atoms with Crippen molar-refractivity contribution in [3.05, 3.63) is 53.6 Å². The van der Waals surface area contributed by atoms with Crippen LogP contribution in [0.4, 0.5) is 14.7 Å². The molecule has 0 saturated carbocycles. The molecule has 28 heavy (non-hydrogen) atoms. The molecule has 2 atom stereocenters. The summed E-state index contributed by atoms with van der Waals surface area (Å²) < 4.78 is 29.4. The Morgan fingerprint density at radius 3 is 2.79 bits per heavy atom. The van der Waals surface area contributed by atoms with Gasteiger partial charge in [0.05, 0.1) is 34.9 Å². The van der Waals surface area contributed by atoms with Crippen LogP contribution in [-0.2, 0) is 6.54 Å². The zero-order valence-electron chi connectivity index (χ0n) is 14.9. The number of imidazole rings is 1. The summed E-state index contributed by atoms with van der Waals surface area (Å²) in [5.74, 6) is 0.249. The molecule has 1 fully saturated rings. The maximum absolute atomic E-state index is 13.8. The molecule has 1 saturated heterocycles. The van der Waals surface area contributed by atoms with E-state index < -0.39 is 12.2 Å². The number of halogens is 3. The lowest BCUT2D eigenvalue weighted by Crippen LogP contribution is -2.50. The van der Waals surface area contributed by atoms with Crippen LogP contribution in [0.2, 0.25) is 0 Å². The third-order valence-electron chi connectivity index (χ3n) is 4.82. The summed E-state index contributed by atoms with van der Waals surface area (Å²) in [4.78, 5) is 10.8. The number of pyridine rings is 1. The molecule has 2 N–H and O–H groups in total. The summed E-state index contributed by atoms with van der Waals surface area (Å²) in [7, 11) is 0. The number of aromatic nitrogens is 3. The Morgan fingerprint density at radius 2 is 2.11 bits per heavy atom. The van der Waals surface area contributed by atoms with E-state index in [9.17, 15) is 8.78 Å². The van der Waals surface area contributed by atoms with Gasteiger partial charge >= 0.3 is 0 Å². The standard InChI is InChI=1S/C19H18F2N6.ClH/c20-13-2-4-18-17(7-13)25-19(26-6-5-15(21)16(23)11-26)27(18)10-14-3-1-12(8-22)9-24-14;/h1-4,7,9,15-16H,5-6,10-11,23H2;1H/t15-,16+;/m0./s1. The molecular weight excluding hydrogens is 386 g/mol. The number of benzene rings is 1. The van der Waals surface area contributed by atoms with E-state index in [4.69, 9.17) is 11.0 Å². The van der Waals surface area contributed by atoms with E-state index in [0.29, 0.717) is 43.1 Å². The Bertz CT molecular complexity index is 1010. The fourth-order valence-corrected chi connectivity index (χ4v) is 3.37. The Balaban J connectivity index is 0.00000225. The number of anilines is 1. The van der Waals surface area contributed by atoms with Gasteiger partial charge in [-0.05, 0) is 30.7 Å². The van der Waals surface area contributed by atoms with Crippen LogP contribution in [0.25, 0.3) is 11.0 Å². The molecule has 0 spiro atoms. The van der Waals surface area contributed by atoms with E-state index in [1.807, 2.05) is 15.5 Å². The Morgan fingerprint density at radius 1 is 1.29 bits per heavy atom. The molecule has 2 aromatic heterocycles. The number of nitrogens with two attached hydrogens (primary N) is 1. The van der Waals surface area contributed by atoms with Crippen LogP contribution < -0.4 is 10.6 Å². The van der Waals surface area contributed by atoms with Crippen LogP contribution in [0.5, 0.6) is 0 Å². The molecule has 0 unspecified atom stereocenters. The average Bonchev–Trinajstić information content (AvgIpc) is 3.02. The second-order valence-corrected chi connectivity index (χ2v) is 6.70. The Kier molecular flexibility index (Phi) is 5.77. The van der Waals surface area contributed by atoms with E-state index in [0.717, 1.165) is 11.2 Å². The van der Waals surface area contributed by atoms with Crippen molar-refractivity contribution in [2.24, 2.45) is 5.73 Å². The molecule has 1 aromatic carbocycles. The number of nitriles is 1. The number of piperidine rings is 1. The highest BCUT2D eigenvalue weighted by molar-refractivity contribution is 5.85. The lowest BCUT2D eigenvalue weighted by Gasteiger charge is -2.34. The topological polar surface area (TPSA) is 83.8 Å². The molecule has 146 valence electrons. The molecule has 3 heterocycles. The van der Waals surface area contributed by atoms with Gasteiger partial charge in [-0.2, -0.15) is 5.26 Å². The predicted octanol–water partition coefficient (Wildman–Crippen LogP) is 2.79. The van der Waals surface area contributed by atoms with E-state index >= 15 is 0 Å². The lowest BCUT2D eigenvalue weighted by molar-refractivity contribution is 0.243. The lowest BCUT2D eigenvalue weighted by atomic mass is 10.1. The number of hydrogen-bond acceptors (Lipinski definition) is 5. The first-order chi connectivity index (χ1) is 13.0. The van der Waals surface area contributed by atoms with Crippen molar-refractivity contribution in [1.82, 2.24) is 14.5 Å². The molecular formula is C19H19ClF2N6. The highest BCUT2D eigenvalue weighted by atomic mass is 35.5. The number of rotatable bonds is 3. The number of fused-ring (bicyclic) bond motifs is 1. The first kappa shape index (κ1) is 20.0. The second kappa shape index (κ2) is 8.09. The highest BCUT2D eigenvalue weighted by Gasteiger charge is 2.29. The molecule has 4 rings (SSSR count). The zero-order valence-corrected chi connectivity index (χ0v) is 15.7. The van der Waals surface area contributed by atoms with Gasteiger partial charge in [-0.25, -0.2) is 13.8 Å². The Hall–Kier alpha value is -2.76. The van der Waals surface area contributed by atoms with Crippen LogP contribution >= 0.6 is 12.4 Å². The van der Waals surface area contributed by atoms with Gasteiger partial charge in [-0.1, -0.05) is 0 Å². The molecule has 9 heteroatoms. The number of nitrogens with zero attached hydrogens (tertiary/aromatic N) is 5. The van der Waals surface area contributed by atoms with Gasteiger partial charge in [0.15, 0.2) is 0 Å². The highest BCUT2D eigenvalue weighted by Crippen LogP contribution is 2.27. The van der Waals surface area contributed by atoms with Gasteiger partial charge in [-0.3, -0.25) is 4.98 Å². The number of hydrogen-bond donors (Lipinski definition) is 1. The molecule has 3 aromatic rings. The van der Waals surface area contributed by atoms with E-state index in [2.05, 4.69) is 9.97 Å². The summed E-state index contributed by atoms with van der Waals surface area (Å²) in [5.41, 5.74) is 8.40. The minimum Gasteiger partial charge on any atom is -0.340 e. The molecule has 6 nitrogen and oxygen atoms in total. The summed E-state index contributed by atoms with van der Waals surface area (Å²) in [6, 6.07) is 9.36. The van der Waals surface area contributed by atoms with Gasteiger partial charge in [0.1, 0.15) is 18.1 Å². The van der Waals surface area contributed by atoms with Crippen molar-refractivity contribution in [3.63, 3.8) is 0 Å². The normalized spacial score (nSPS) is 19.3. The van der Waals surface area contributed by atoms with E-state index in [1.54, 1.807) is 18.2 Å². The van der Waals surface area contributed by atoms with Gasteiger partial charge in [-0.15, -0.1) is 12.4 Å². The Labute approximate surface area is 167 Å². The third-order valence-corrected chi connectivity index (χ3v) is 4.82. The largest absolute Gasteiger partial charge is 0.340 e. The fourth-order valence-electron chi connectivity index (χ4n) is 3.37. The molecule has 0 amide bonds. The molecule has 0 bridgehead atoms. The first-order valence-corrected chi connectivity index (χ1v) is 8.70. The van der Waals surface area contributed by atoms with Crippen molar-refractivity contribution in [1.29, 1.82) is 5.26 Å².